The van der Waals surface area contributed by atoms with Crippen LogP contribution in [0.3, 0.4) is 0 Å². The second-order valence-corrected chi connectivity index (χ2v) is 7.48. The monoisotopic (exact) mass is 412 g/mol. The molecular formula is C24H25ClO4. The van der Waals surface area contributed by atoms with Crippen LogP contribution in [-0.4, -0.2) is 26.3 Å². The largest absolute Gasteiger partial charge is 0.493 e. The highest BCUT2D eigenvalue weighted by Gasteiger charge is 2.21. The number of rotatable bonds is 6. The topological polar surface area (TPSA) is 44.8 Å². The first-order chi connectivity index (χ1) is 14.1. The Kier molecular flexibility index (Phi) is 7.43. The lowest BCUT2D eigenvalue weighted by molar-refractivity contribution is -0.140. The van der Waals surface area contributed by atoms with Crippen LogP contribution in [0.1, 0.15) is 49.1 Å². The van der Waals surface area contributed by atoms with Gasteiger partial charge in [-0.2, -0.15) is 0 Å². The SMILES string of the molecule is COC(=O)CC(C#Cc1cccc(Cl)c1)c1ccc(OC)c(OC2CCCC2)c1. The van der Waals surface area contributed by atoms with Crippen LogP contribution in [0.2, 0.25) is 5.02 Å². The Bertz CT molecular complexity index is 907. The summed E-state index contributed by atoms with van der Waals surface area (Å²) in [7, 11) is 3.01. The van der Waals surface area contributed by atoms with Crippen LogP contribution < -0.4 is 9.47 Å². The number of ether oxygens (including phenoxy) is 3. The fourth-order valence-electron chi connectivity index (χ4n) is 3.43. The number of carbonyl (C=O) groups is 1. The van der Waals surface area contributed by atoms with Crippen LogP contribution >= 0.6 is 11.6 Å². The Morgan fingerprint density at radius 2 is 1.93 bits per heavy atom. The van der Waals surface area contributed by atoms with Gasteiger partial charge < -0.3 is 14.2 Å². The van der Waals surface area contributed by atoms with Crippen LogP contribution in [0.5, 0.6) is 11.5 Å². The van der Waals surface area contributed by atoms with E-state index in [9.17, 15) is 4.79 Å². The number of halogens is 1. The molecule has 1 fully saturated rings. The Labute approximate surface area is 177 Å². The minimum Gasteiger partial charge on any atom is -0.493 e. The number of hydrogen-bond acceptors (Lipinski definition) is 4. The quantitative estimate of drug-likeness (QED) is 0.472. The van der Waals surface area contributed by atoms with E-state index in [4.69, 9.17) is 25.8 Å². The fraction of sp³-hybridized carbons (Fsp3) is 0.375. The van der Waals surface area contributed by atoms with Gasteiger partial charge in [-0.1, -0.05) is 35.6 Å². The zero-order chi connectivity index (χ0) is 20.6. The van der Waals surface area contributed by atoms with Gasteiger partial charge in [-0.15, -0.1) is 0 Å². The van der Waals surface area contributed by atoms with Gasteiger partial charge in [0, 0.05) is 10.6 Å². The highest BCUT2D eigenvalue weighted by Crippen LogP contribution is 2.35. The average molecular weight is 413 g/mol. The van der Waals surface area contributed by atoms with Gasteiger partial charge in [0.05, 0.1) is 32.7 Å². The molecule has 1 saturated carbocycles. The highest BCUT2D eigenvalue weighted by atomic mass is 35.5. The van der Waals surface area contributed by atoms with Crippen molar-refractivity contribution in [3.8, 4) is 23.3 Å². The van der Waals surface area contributed by atoms with E-state index in [0.29, 0.717) is 16.5 Å². The molecule has 2 aromatic carbocycles. The molecule has 1 aliphatic rings. The Morgan fingerprint density at radius 3 is 2.62 bits per heavy atom. The lowest BCUT2D eigenvalue weighted by atomic mass is 9.95. The molecule has 1 aliphatic carbocycles. The molecule has 0 bridgehead atoms. The van der Waals surface area contributed by atoms with Crippen LogP contribution in [0.4, 0.5) is 0 Å². The maximum Gasteiger partial charge on any atom is 0.307 e. The van der Waals surface area contributed by atoms with Crippen molar-refractivity contribution in [3.63, 3.8) is 0 Å². The summed E-state index contributed by atoms with van der Waals surface area (Å²) in [5.74, 6) is 7.04. The third-order valence-electron chi connectivity index (χ3n) is 5.00. The van der Waals surface area contributed by atoms with Gasteiger partial charge in [-0.25, -0.2) is 0 Å². The Hall–Kier alpha value is -2.64. The summed E-state index contributed by atoms with van der Waals surface area (Å²) in [5, 5.41) is 0.623. The fourth-order valence-corrected chi connectivity index (χ4v) is 3.62. The highest BCUT2D eigenvalue weighted by molar-refractivity contribution is 6.30. The van der Waals surface area contributed by atoms with Crippen molar-refractivity contribution in [1.29, 1.82) is 0 Å². The molecule has 0 aromatic heterocycles. The molecule has 1 unspecified atom stereocenters. The number of hydrogen-bond donors (Lipinski definition) is 0. The zero-order valence-electron chi connectivity index (χ0n) is 16.7. The molecule has 0 aliphatic heterocycles. The molecule has 0 N–H and O–H groups in total. The first-order valence-corrected chi connectivity index (χ1v) is 10.2. The third-order valence-corrected chi connectivity index (χ3v) is 5.23. The van der Waals surface area contributed by atoms with Gasteiger partial charge in [0.25, 0.3) is 0 Å². The summed E-state index contributed by atoms with van der Waals surface area (Å²) in [6.45, 7) is 0. The lowest BCUT2D eigenvalue weighted by Crippen LogP contribution is -2.12. The van der Waals surface area contributed by atoms with Crippen molar-refractivity contribution in [3.05, 3.63) is 58.6 Å². The van der Waals surface area contributed by atoms with Crippen molar-refractivity contribution in [2.24, 2.45) is 0 Å². The van der Waals surface area contributed by atoms with Gasteiger partial charge in [0.1, 0.15) is 0 Å². The molecule has 152 valence electrons. The molecule has 0 saturated heterocycles. The number of methoxy groups -OCH3 is 2. The smallest absolute Gasteiger partial charge is 0.307 e. The molecule has 2 aromatic rings. The van der Waals surface area contributed by atoms with E-state index < -0.39 is 0 Å². The predicted octanol–water partition coefficient (Wildman–Crippen LogP) is 5.37. The van der Waals surface area contributed by atoms with Gasteiger partial charge in [-0.05, 0) is 61.6 Å². The van der Waals surface area contributed by atoms with Gasteiger partial charge >= 0.3 is 5.97 Å². The molecular weight excluding hydrogens is 388 g/mol. The predicted molar refractivity (Wildman–Crippen MR) is 114 cm³/mol. The van der Waals surface area contributed by atoms with Crippen molar-refractivity contribution >= 4 is 17.6 Å². The Morgan fingerprint density at radius 1 is 1.14 bits per heavy atom. The van der Waals surface area contributed by atoms with Crippen molar-refractivity contribution in [2.75, 3.05) is 14.2 Å². The summed E-state index contributed by atoms with van der Waals surface area (Å²) in [6, 6.07) is 13.0. The molecule has 0 heterocycles. The van der Waals surface area contributed by atoms with Crippen LogP contribution in [0.15, 0.2) is 42.5 Å². The summed E-state index contributed by atoms with van der Waals surface area (Å²) in [6.07, 6.45) is 4.82. The van der Waals surface area contributed by atoms with E-state index >= 15 is 0 Å². The minimum atomic E-state index is -0.335. The first kappa shape index (κ1) is 21.1. The number of carbonyl (C=O) groups excluding carboxylic acids is 1. The van der Waals surface area contributed by atoms with E-state index in [2.05, 4.69) is 11.8 Å². The Balaban J connectivity index is 1.91. The molecule has 29 heavy (non-hydrogen) atoms. The molecule has 1 atom stereocenters. The molecule has 0 radical (unpaired) electrons. The standard InChI is InChI=1S/C24H25ClO4/c1-27-22-13-12-18(15-23(22)29-21-8-3-4-9-21)19(16-24(26)28-2)11-10-17-6-5-7-20(25)14-17/h5-7,12-15,19,21H,3-4,8-9,16H2,1-2H3. The first-order valence-electron chi connectivity index (χ1n) is 9.77. The maximum atomic E-state index is 12.0. The van der Waals surface area contributed by atoms with Crippen molar-refractivity contribution in [1.82, 2.24) is 0 Å². The summed E-state index contributed by atoms with van der Waals surface area (Å²) in [5.41, 5.74) is 1.68. The second kappa shape index (κ2) is 10.2. The van der Waals surface area contributed by atoms with E-state index in [1.807, 2.05) is 30.3 Å². The minimum absolute atomic E-state index is 0.152. The second-order valence-electron chi connectivity index (χ2n) is 7.05. The average Bonchev–Trinajstić information content (AvgIpc) is 3.24. The lowest BCUT2D eigenvalue weighted by Gasteiger charge is -2.18. The molecule has 0 spiro atoms. The summed E-state index contributed by atoms with van der Waals surface area (Å²) >= 11 is 6.05. The third kappa shape index (κ3) is 5.92. The van der Waals surface area contributed by atoms with E-state index in [1.165, 1.54) is 20.0 Å². The van der Waals surface area contributed by atoms with Crippen molar-refractivity contribution in [2.45, 2.75) is 44.1 Å². The van der Waals surface area contributed by atoms with Crippen molar-refractivity contribution < 1.29 is 19.0 Å². The van der Waals surface area contributed by atoms with Crippen LogP contribution in [0, 0.1) is 11.8 Å². The van der Waals surface area contributed by atoms with E-state index in [1.54, 1.807) is 19.2 Å². The van der Waals surface area contributed by atoms with Gasteiger partial charge in [0.2, 0.25) is 0 Å². The van der Waals surface area contributed by atoms with Gasteiger partial charge in [0.15, 0.2) is 11.5 Å². The summed E-state index contributed by atoms with van der Waals surface area (Å²) in [4.78, 5) is 12.0. The molecule has 3 rings (SSSR count). The zero-order valence-corrected chi connectivity index (χ0v) is 17.5. The van der Waals surface area contributed by atoms with Crippen LogP contribution in [0.25, 0.3) is 0 Å². The molecule has 4 nitrogen and oxygen atoms in total. The molecule has 5 heteroatoms. The van der Waals surface area contributed by atoms with Crippen LogP contribution in [-0.2, 0) is 9.53 Å². The number of esters is 1. The van der Waals surface area contributed by atoms with E-state index in [0.717, 1.165) is 24.0 Å². The van der Waals surface area contributed by atoms with Gasteiger partial charge in [-0.3, -0.25) is 4.79 Å². The summed E-state index contributed by atoms with van der Waals surface area (Å²) < 4.78 is 16.5. The normalized spacial score (nSPS) is 14.6. The molecule has 0 amide bonds. The number of benzene rings is 2. The maximum absolute atomic E-state index is 12.0. The van der Waals surface area contributed by atoms with E-state index in [-0.39, 0.29) is 24.4 Å².